The van der Waals surface area contributed by atoms with Crippen LogP contribution in [0.3, 0.4) is 0 Å². The van der Waals surface area contributed by atoms with Crippen molar-refractivity contribution in [2.75, 3.05) is 18.5 Å². The monoisotopic (exact) mass is 539 g/mol. The van der Waals surface area contributed by atoms with E-state index in [1.165, 1.54) is 49.4 Å². The molecule has 9 heteroatoms. The van der Waals surface area contributed by atoms with Crippen LogP contribution >= 0.6 is 0 Å². The molecule has 2 atom stereocenters. The summed E-state index contributed by atoms with van der Waals surface area (Å²) in [5, 5.41) is 12.6. The maximum atomic E-state index is 14.0. The van der Waals surface area contributed by atoms with E-state index in [-0.39, 0.29) is 5.41 Å². The number of carbonyl (C=O) groups is 2. The minimum atomic E-state index is -3.16. The molecule has 0 bridgehead atoms. The van der Waals surface area contributed by atoms with Gasteiger partial charge in [0.05, 0.1) is 6.54 Å². The van der Waals surface area contributed by atoms with E-state index >= 15 is 0 Å². The lowest BCUT2D eigenvalue weighted by molar-refractivity contribution is -0.124. The van der Waals surface area contributed by atoms with Gasteiger partial charge in [0, 0.05) is 36.1 Å². The Hall–Kier alpha value is -3.38. The van der Waals surface area contributed by atoms with Crippen molar-refractivity contribution < 1.29 is 18.4 Å². The Morgan fingerprint density at radius 3 is 2.36 bits per heavy atom. The molecule has 1 saturated carbocycles. The molecule has 0 spiro atoms. The number of nitrogens with zero attached hydrogens (tertiary/aromatic N) is 4. The molecule has 1 amide bonds. The number of likely N-dealkylation sites (tertiary alicyclic amines) is 1. The third kappa shape index (κ3) is 7.82. The number of halogens is 2. The Morgan fingerprint density at radius 1 is 1.21 bits per heavy atom. The van der Waals surface area contributed by atoms with Crippen LogP contribution in [-0.2, 0) is 15.0 Å². The van der Waals surface area contributed by atoms with Crippen LogP contribution in [0.25, 0.3) is 0 Å². The number of hydrogen-bond donors (Lipinski definition) is 1. The van der Waals surface area contributed by atoms with Crippen molar-refractivity contribution in [3.05, 3.63) is 59.9 Å². The molecule has 2 aliphatic rings. The van der Waals surface area contributed by atoms with Crippen LogP contribution < -0.4 is 10.2 Å². The SMILES string of the molecule is CC(C)(C)c1ccc(N(C(=O)C2CC(F)(F)CN2C#N)C(C=O)c2cccnc2)cc1.CNC1CCCCC1. The molecule has 1 N–H and O–H groups in total. The van der Waals surface area contributed by atoms with E-state index in [2.05, 4.69) is 17.3 Å². The van der Waals surface area contributed by atoms with Crippen molar-refractivity contribution in [2.45, 2.75) is 88.8 Å². The Labute approximate surface area is 230 Å². The van der Waals surface area contributed by atoms with Gasteiger partial charge in [0.1, 0.15) is 18.4 Å². The molecule has 1 aromatic carbocycles. The molecule has 2 fully saturated rings. The van der Waals surface area contributed by atoms with Gasteiger partial charge in [0.15, 0.2) is 6.19 Å². The minimum Gasteiger partial charge on any atom is -0.317 e. The molecule has 39 heavy (non-hydrogen) atoms. The Bertz CT molecular complexity index is 1120. The summed E-state index contributed by atoms with van der Waals surface area (Å²) in [7, 11) is 2.07. The average molecular weight is 540 g/mol. The van der Waals surface area contributed by atoms with Crippen molar-refractivity contribution in [3.63, 3.8) is 0 Å². The van der Waals surface area contributed by atoms with Gasteiger partial charge >= 0.3 is 0 Å². The molecule has 4 rings (SSSR count). The summed E-state index contributed by atoms with van der Waals surface area (Å²) < 4.78 is 28.0. The Morgan fingerprint density at radius 2 is 1.87 bits per heavy atom. The smallest absolute Gasteiger partial charge is 0.268 e. The lowest BCUT2D eigenvalue weighted by Gasteiger charge is -2.32. The van der Waals surface area contributed by atoms with E-state index in [1.807, 2.05) is 32.9 Å². The Kier molecular flexibility index (Phi) is 10.1. The van der Waals surface area contributed by atoms with Gasteiger partial charge in [0.2, 0.25) is 0 Å². The lowest BCUT2D eigenvalue weighted by atomic mass is 9.87. The first kappa shape index (κ1) is 30.2. The number of pyridine rings is 1. The van der Waals surface area contributed by atoms with Gasteiger partial charge in [-0.2, -0.15) is 5.26 Å². The third-order valence-electron chi connectivity index (χ3n) is 7.38. The highest BCUT2D eigenvalue weighted by molar-refractivity contribution is 6.01. The number of aldehydes is 1. The molecule has 7 nitrogen and oxygen atoms in total. The van der Waals surface area contributed by atoms with Gasteiger partial charge in [-0.15, -0.1) is 0 Å². The third-order valence-corrected chi connectivity index (χ3v) is 7.38. The van der Waals surface area contributed by atoms with E-state index in [1.54, 1.807) is 30.5 Å². The van der Waals surface area contributed by atoms with Crippen molar-refractivity contribution >= 4 is 17.9 Å². The molecule has 2 heterocycles. The lowest BCUT2D eigenvalue weighted by Crippen LogP contribution is -2.46. The van der Waals surface area contributed by atoms with Crippen LogP contribution in [0.2, 0.25) is 0 Å². The number of alkyl halides is 2. The number of nitrogens with one attached hydrogen (secondary N) is 1. The van der Waals surface area contributed by atoms with Crippen LogP contribution in [0.15, 0.2) is 48.8 Å². The van der Waals surface area contributed by atoms with Crippen LogP contribution in [0.4, 0.5) is 14.5 Å². The normalized spacial score (nSPS) is 19.8. The van der Waals surface area contributed by atoms with Crippen molar-refractivity contribution in [2.24, 2.45) is 0 Å². The molecule has 210 valence electrons. The summed E-state index contributed by atoms with van der Waals surface area (Å²) in [6, 6.07) is 8.73. The number of carbonyl (C=O) groups excluding carboxylic acids is 2. The molecule has 1 saturated heterocycles. The zero-order valence-electron chi connectivity index (χ0n) is 23.2. The summed E-state index contributed by atoms with van der Waals surface area (Å²) >= 11 is 0. The van der Waals surface area contributed by atoms with E-state index in [0.717, 1.165) is 16.5 Å². The standard InChI is InChI=1S/C23H24F2N4O2.C7H15N/c1-22(2,3)17-6-8-18(9-7-17)29(20(13-30)16-5-4-10-27-12-16)21(31)19-11-23(24,25)14-28(19)15-26;1-8-7-5-3-2-4-6-7/h4-10,12-13,19-20H,11,14H2,1-3H3;7-8H,2-6H2,1H3. The summed E-state index contributed by atoms with van der Waals surface area (Å²) in [6.45, 7) is 5.30. The molecule has 1 aromatic heterocycles. The summed E-state index contributed by atoms with van der Waals surface area (Å²) in [5.74, 6) is -3.90. The van der Waals surface area contributed by atoms with Crippen LogP contribution in [-0.4, -0.2) is 53.7 Å². The fourth-order valence-electron chi connectivity index (χ4n) is 5.08. The van der Waals surface area contributed by atoms with E-state index in [9.17, 15) is 23.6 Å². The Balaban J connectivity index is 0.000000449. The predicted molar refractivity (Wildman–Crippen MR) is 147 cm³/mol. The molecular formula is C30H39F2N5O2. The van der Waals surface area contributed by atoms with Gasteiger partial charge in [-0.3, -0.25) is 19.6 Å². The second-order valence-electron chi connectivity index (χ2n) is 11.3. The number of rotatable bonds is 6. The molecule has 2 aromatic rings. The van der Waals surface area contributed by atoms with Crippen molar-refractivity contribution in [1.82, 2.24) is 15.2 Å². The van der Waals surface area contributed by atoms with Gasteiger partial charge in [0.25, 0.3) is 11.8 Å². The number of benzene rings is 1. The first-order valence-corrected chi connectivity index (χ1v) is 13.5. The zero-order chi connectivity index (χ0) is 28.6. The van der Waals surface area contributed by atoms with E-state index in [4.69, 9.17) is 0 Å². The molecule has 0 radical (unpaired) electrons. The topological polar surface area (TPSA) is 89.3 Å². The predicted octanol–water partition coefficient (Wildman–Crippen LogP) is 5.38. The maximum Gasteiger partial charge on any atom is 0.268 e. The fraction of sp³-hybridized carbons (Fsp3) is 0.533. The van der Waals surface area contributed by atoms with Gasteiger partial charge in [-0.1, -0.05) is 58.2 Å². The van der Waals surface area contributed by atoms with Crippen LogP contribution in [0, 0.1) is 11.5 Å². The zero-order valence-corrected chi connectivity index (χ0v) is 23.2. The highest BCUT2D eigenvalue weighted by atomic mass is 19.3. The maximum absolute atomic E-state index is 14.0. The van der Waals surface area contributed by atoms with Crippen LogP contribution in [0.1, 0.15) is 76.5 Å². The number of anilines is 1. The first-order valence-electron chi connectivity index (χ1n) is 13.5. The highest BCUT2D eigenvalue weighted by Crippen LogP contribution is 2.36. The first-order chi connectivity index (χ1) is 18.5. The number of nitriles is 1. The van der Waals surface area contributed by atoms with Crippen molar-refractivity contribution in [1.29, 1.82) is 5.26 Å². The van der Waals surface area contributed by atoms with Gasteiger partial charge < -0.3 is 10.1 Å². The summed E-state index contributed by atoms with van der Waals surface area (Å²) in [4.78, 5) is 31.6. The molecule has 2 unspecified atom stereocenters. The minimum absolute atomic E-state index is 0.133. The fourth-order valence-corrected chi connectivity index (χ4v) is 5.08. The van der Waals surface area contributed by atoms with Crippen molar-refractivity contribution in [3.8, 4) is 6.19 Å². The van der Waals surface area contributed by atoms with E-state index < -0.39 is 36.9 Å². The average Bonchev–Trinajstić information content (AvgIpc) is 3.26. The second-order valence-corrected chi connectivity index (χ2v) is 11.3. The molecule has 1 aliphatic heterocycles. The second kappa shape index (κ2) is 13.1. The summed E-state index contributed by atoms with van der Waals surface area (Å²) in [5.41, 5.74) is 1.70. The molecule has 1 aliphatic carbocycles. The largest absolute Gasteiger partial charge is 0.317 e. The number of hydrogen-bond acceptors (Lipinski definition) is 6. The summed E-state index contributed by atoms with van der Waals surface area (Å²) in [6.07, 6.45) is 11.6. The highest BCUT2D eigenvalue weighted by Gasteiger charge is 2.50. The number of amides is 1. The van der Waals surface area contributed by atoms with Gasteiger partial charge in [-0.05, 0) is 49.1 Å². The van der Waals surface area contributed by atoms with Gasteiger partial charge in [-0.25, -0.2) is 8.78 Å². The quantitative estimate of drug-likeness (QED) is 0.392. The van der Waals surface area contributed by atoms with Crippen LogP contribution in [0.5, 0.6) is 0 Å². The van der Waals surface area contributed by atoms with E-state index in [0.29, 0.717) is 17.5 Å². The number of aromatic nitrogens is 1. The molecular weight excluding hydrogens is 500 g/mol.